The summed E-state index contributed by atoms with van der Waals surface area (Å²) in [6.45, 7) is 4.56. The van der Waals surface area contributed by atoms with E-state index in [2.05, 4.69) is 11.4 Å². The molecule has 0 heterocycles. The monoisotopic (exact) mass is 245 g/mol. The molecule has 0 aliphatic heterocycles. The molecule has 0 bridgehead atoms. The first kappa shape index (κ1) is 14.0. The molecule has 1 atom stereocenters. The number of nitrogens with one attached hydrogen (secondary N) is 1. The first-order chi connectivity index (χ1) is 8.60. The van der Waals surface area contributed by atoms with E-state index < -0.39 is 0 Å². The third-order valence-corrected chi connectivity index (χ3v) is 2.89. The Bertz CT molecular complexity index is 451. The van der Waals surface area contributed by atoms with Gasteiger partial charge in [0.05, 0.1) is 11.6 Å². The topological polar surface area (TPSA) is 56.1 Å². The second kappa shape index (κ2) is 6.65. The molecule has 4 heteroatoms. The Hall–Kier alpha value is -2.02. The fourth-order valence-electron chi connectivity index (χ4n) is 1.59. The van der Waals surface area contributed by atoms with Crippen LogP contribution in [0.5, 0.6) is 0 Å². The highest BCUT2D eigenvalue weighted by Crippen LogP contribution is 2.16. The van der Waals surface area contributed by atoms with Crippen molar-refractivity contribution in [3.8, 4) is 6.07 Å². The molecule has 1 unspecified atom stereocenters. The van der Waals surface area contributed by atoms with Crippen LogP contribution < -0.4 is 10.2 Å². The van der Waals surface area contributed by atoms with Crippen molar-refractivity contribution in [2.24, 2.45) is 0 Å². The van der Waals surface area contributed by atoms with Crippen molar-refractivity contribution in [2.45, 2.75) is 26.3 Å². The van der Waals surface area contributed by atoms with E-state index in [0.717, 1.165) is 12.1 Å². The molecule has 0 aromatic heterocycles. The molecule has 4 nitrogen and oxygen atoms in total. The first-order valence-electron chi connectivity index (χ1n) is 6.10. The van der Waals surface area contributed by atoms with E-state index in [0.29, 0.717) is 12.1 Å². The van der Waals surface area contributed by atoms with Gasteiger partial charge >= 0.3 is 0 Å². The zero-order valence-corrected chi connectivity index (χ0v) is 11.1. The molecule has 1 aromatic rings. The van der Waals surface area contributed by atoms with Crippen LogP contribution in [0.25, 0.3) is 0 Å². The number of nitriles is 1. The number of nitrogens with zero attached hydrogens (tertiary/aromatic N) is 2. The van der Waals surface area contributed by atoms with Gasteiger partial charge in [0.15, 0.2) is 0 Å². The molecule has 0 fully saturated rings. The Kier molecular flexibility index (Phi) is 5.19. The van der Waals surface area contributed by atoms with Crippen LogP contribution in [0.15, 0.2) is 24.3 Å². The van der Waals surface area contributed by atoms with Gasteiger partial charge in [0.25, 0.3) is 0 Å². The number of carbonyl (C=O) groups is 1. The first-order valence-corrected chi connectivity index (χ1v) is 6.10. The number of carbonyl (C=O) groups excluding carboxylic acids is 1. The molecule has 0 aliphatic rings. The largest absolute Gasteiger partial charge is 0.363 e. The van der Waals surface area contributed by atoms with E-state index in [1.54, 1.807) is 12.1 Å². The molecule has 0 saturated carbocycles. The smallest absolute Gasteiger partial charge is 0.242 e. The highest BCUT2D eigenvalue weighted by molar-refractivity contribution is 5.84. The second-order valence-electron chi connectivity index (χ2n) is 4.24. The zero-order valence-electron chi connectivity index (χ0n) is 11.1. The van der Waals surface area contributed by atoms with E-state index >= 15 is 0 Å². The van der Waals surface area contributed by atoms with Crippen LogP contribution in [-0.4, -0.2) is 25.5 Å². The summed E-state index contributed by atoms with van der Waals surface area (Å²) in [4.78, 5) is 13.7. The van der Waals surface area contributed by atoms with E-state index in [-0.39, 0.29) is 11.9 Å². The lowest BCUT2D eigenvalue weighted by Crippen LogP contribution is -2.43. The van der Waals surface area contributed by atoms with Crippen molar-refractivity contribution in [3.05, 3.63) is 29.8 Å². The van der Waals surface area contributed by atoms with E-state index in [1.165, 1.54) is 0 Å². The number of anilines is 1. The van der Waals surface area contributed by atoms with Gasteiger partial charge in [0, 0.05) is 19.3 Å². The number of hydrogen-bond acceptors (Lipinski definition) is 3. The molecular weight excluding hydrogens is 226 g/mol. The van der Waals surface area contributed by atoms with E-state index in [9.17, 15) is 4.79 Å². The summed E-state index contributed by atoms with van der Waals surface area (Å²) in [5.41, 5.74) is 1.47. The maximum Gasteiger partial charge on any atom is 0.242 e. The van der Waals surface area contributed by atoms with Gasteiger partial charge in [-0.2, -0.15) is 5.26 Å². The summed E-state index contributed by atoms with van der Waals surface area (Å²) in [7, 11) is 1.85. The molecule has 0 aliphatic carbocycles. The molecule has 1 amide bonds. The fraction of sp³-hybridized carbons (Fsp3) is 0.429. The van der Waals surface area contributed by atoms with Crippen molar-refractivity contribution in [3.63, 3.8) is 0 Å². The number of rotatable bonds is 5. The number of likely N-dealkylation sites (N-methyl/N-ethyl adjacent to an activating group) is 1. The molecule has 96 valence electrons. The standard InChI is InChI=1S/C14H19N3O/c1-4-8-16-14(18)11(2)17(3)13-7-5-6-12(9-13)10-15/h5-7,9,11H,4,8H2,1-3H3,(H,16,18). The fourth-order valence-corrected chi connectivity index (χ4v) is 1.59. The van der Waals surface area contributed by atoms with E-state index in [4.69, 9.17) is 5.26 Å². The highest BCUT2D eigenvalue weighted by Gasteiger charge is 2.17. The molecule has 1 rings (SSSR count). The van der Waals surface area contributed by atoms with Crippen LogP contribution in [0.1, 0.15) is 25.8 Å². The molecule has 1 aromatic carbocycles. The minimum absolute atomic E-state index is 0.00158. The van der Waals surface area contributed by atoms with Crippen LogP contribution in [0.3, 0.4) is 0 Å². The summed E-state index contributed by atoms with van der Waals surface area (Å²) >= 11 is 0. The molecule has 0 radical (unpaired) electrons. The van der Waals surface area contributed by atoms with Gasteiger partial charge in [-0.25, -0.2) is 0 Å². The minimum atomic E-state index is -0.259. The normalized spacial score (nSPS) is 11.4. The van der Waals surface area contributed by atoms with Crippen molar-refractivity contribution < 1.29 is 4.79 Å². The number of amides is 1. The lowest BCUT2D eigenvalue weighted by molar-refractivity contribution is -0.121. The van der Waals surface area contributed by atoms with Gasteiger partial charge < -0.3 is 10.2 Å². The lowest BCUT2D eigenvalue weighted by atomic mass is 10.1. The van der Waals surface area contributed by atoms with Gasteiger partial charge in [0.2, 0.25) is 5.91 Å². The number of benzene rings is 1. The van der Waals surface area contributed by atoms with Crippen LogP contribution >= 0.6 is 0 Å². The van der Waals surface area contributed by atoms with Crippen LogP contribution in [-0.2, 0) is 4.79 Å². The van der Waals surface area contributed by atoms with Gasteiger partial charge in [-0.15, -0.1) is 0 Å². The average Bonchev–Trinajstić information content (AvgIpc) is 2.43. The van der Waals surface area contributed by atoms with Crippen molar-refractivity contribution in [1.29, 1.82) is 5.26 Å². The molecule has 0 spiro atoms. The van der Waals surface area contributed by atoms with E-state index in [1.807, 2.05) is 37.9 Å². The van der Waals surface area contributed by atoms with Crippen LogP contribution in [0, 0.1) is 11.3 Å². The van der Waals surface area contributed by atoms with Crippen molar-refractivity contribution in [1.82, 2.24) is 5.32 Å². The zero-order chi connectivity index (χ0) is 13.5. The number of hydrogen-bond donors (Lipinski definition) is 1. The predicted octanol–water partition coefficient (Wildman–Crippen LogP) is 1.91. The molecule has 0 saturated heterocycles. The summed E-state index contributed by atoms with van der Waals surface area (Å²) in [6, 6.07) is 9.08. The molecule has 1 N–H and O–H groups in total. The van der Waals surface area contributed by atoms with Gasteiger partial charge in [0.1, 0.15) is 6.04 Å². The van der Waals surface area contributed by atoms with Crippen molar-refractivity contribution in [2.75, 3.05) is 18.5 Å². The highest BCUT2D eigenvalue weighted by atomic mass is 16.2. The van der Waals surface area contributed by atoms with Gasteiger partial charge in [-0.05, 0) is 31.5 Å². The van der Waals surface area contributed by atoms with Crippen molar-refractivity contribution >= 4 is 11.6 Å². The third-order valence-electron chi connectivity index (χ3n) is 2.89. The Morgan fingerprint density at radius 1 is 1.56 bits per heavy atom. The molecular formula is C14H19N3O. The summed E-state index contributed by atoms with van der Waals surface area (Å²) < 4.78 is 0. The third kappa shape index (κ3) is 3.49. The lowest BCUT2D eigenvalue weighted by Gasteiger charge is -2.26. The van der Waals surface area contributed by atoms with Gasteiger partial charge in [-0.1, -0.05) is 13.0 Å². The SMILES string of the molecule is CCCNC(=O)C(C)N(C)c1cccc(C#N)c1. The molecule has 18 heavy (non-hydrogen) atoms. The quantitative estimate of drug-likeness (QED) is 0.862. The Labute approximate surface area is 108 Å². The summed E-state index contributed by atoms with van der Waals surface area (Å²) in [5, 5.41) is 11.7. The Morgan fingerprint density at radius 2 is 2.28 bits per heavy atom. The Balaban J connectivity index is 2.76. The van der Waals surface area contributed by atoms with Gasteiger partial charge in [-0.3, -0.25) is 4.79 Å². The maximum atomic E-state index is 11.9. The van der Waals surface area contributed by atoms with Crippen LogP contribution in [0.2, 0.25) is 0 Å². The maximum absolute atomic E-state index is 11.9. The second-order valence-corrected chi connectivity index (χ2v) is 4.24. The summed E-state index contributed by atoms with van der Waals surface area (Å²) in [6.07, 6.45) is 0.923. The Morgan fingerprint density at radius 3 is 2.89 bits per heavy atom. The van der Waals surface area contributed by atoms with Crippen LogP contribution in [0.4, 0.5) is 5.69 Å². The predicted molar refractivity (Wildman–Crippen MR) is 72.3 cm³/mol. The average molecular weight is 245 g/mol. The summed E-state index contributed by atoms with van der Waals surface area (Å²) in [5.74, 6) is 0.00158. The minimum Gasteiger partial charge on any atom is -0.363 e.